The van der Waals surface area contributed by atoms with Gasteiger partial charge in [-0.15, -0.1) is 0 Å². The highest BCUT2D eigenvalue weighted by Crippen LogP contribution is 2.48. The first kappa shape index (κ1) is 27.3. The Morgan fingerprint density at radius 3 is 2.27 bits per heavy atom. The molecule has 41 heavy (non-hydrogen) atoms. The number of carbonyl (C=O) groups is 2. The summed E-state index contributed by atoms with van der Waals surface area (Å²) in [5.74, 6) is -1.24. The lowest BCUT2D eigenvalue weighted by atomic mass is 9.89. The third-order valence-corrected chi connectivity index (χ3v) is 8.63. The molecular weight excluding hydrogens is 529 g/mol. The second kappa shape index (κ2) is 11.6. The van der Waals surface area contributed by atoms with E-state index < -0.39 is 5.82 Å². The average Bonchev–Trinajstić information content (AvgIpc) is 3.30. The van der Waals surface area contributed by atoms with Crippen molar-refractivity contribution >= 4 is 23.2 Å². The van der Waals surface area contributed by atoms with Crippen molar-refractivity contribution in [3.63, 3.8) is 0 Å². The fourth-order valence-corrected chi connectivity index (χ4v) is 6.55. The molecule has 0 saturated carbocycles. The van der Waals surface area contributed by atoms with E-state index >= 15 is 0 Å². The number of hydrogen-bond donors (Lipinski definition) is 0. The quantitative estimate of drug-likeness (QED) is 0.416. The van der Waals surface area contributed by atoms with E-state index in [0.717, 1.165) is 43.0 Å². The zero-order valence-corrected chi connectivity index (χ0v) is 22.8. The fourth-order valence-electron chi connectivity index (χ4n) is 6.55. The van der Waals surface area contributed by atoms with Gasteiger partial charge in [-0.05, 0) is 79.5 Å². The molecule has 0 N–H and O–H groups in total. The highest BCUT2D eigenvalue weighted by Gasteiger charge is 2.42. The lowest BCUT2D eigenvalue weighted by Crippen LogP contribution is -2.50. The van der Waals surface area contributed by atoms with Crippen molar-refractivity contribution < 1.29 is 22.8 Å². The second-order valence-electron chi connectivity index (χ2n) is 11.1. The second-order valence-corrected chi connectivity index (χ2v) is 11.1. The first-order valence-electron chi connectivity index (χ1n) is 14.3. The molecule has 0 aromatic heterocycles. The molecule has 9 heteroatoms. The molecule has 2 amide bonds. The maximum absolute atomic E-state index is 14.3. The highest BCUT2D eigenvalue weighted by molar-refractivity contribution is 5.94. The number of rotatable bonds is 6. The summed E-state index contributed by atoms with van der Waals surface area (Å²) < 4.78 is 41.9. The third-order valence-electron chi connectivity index (χ3n) is 8.63. The predicted octanol–water partition coefficient (Wildman–Crippen LogP) is 5.18. The van der Waals surface area contributed by atoms with Crippen LogP contribution in [0.2, 0.25) is 0 Å². The Labute approximate surface area is 237 Å². The lowest BCUT2D eigenvalue weighted by Gasteiger charge is -2.39. The van der Waals surface area contributed by atoms with Crippen LogP contribution in [0, 0.1) is 17.5 Å². The van der Waals surface area contributed by atoms with Gasteiger partial charge in [-0.3, -0.25) is 9.59 Å². The van der Waals surface area contributed by atoms with Gasteiger partial charge in [0.1, 0.15) is 17.5 Å². The molecule has 0 spiro atoms. The van der Waals surface area contributed by atoms with Crippen LogP contribution < -0.4 is 4.90 Å². The third kappa shape index (κ3) is 5.55. The van der Waals surface area contributed by atoms with Crippen LogP contribution in [0.3, 0.4) is 0 Å². The molecule has 3 aliphatic heterocycles. The monoisotopic (exact) mass is 562 g/mol. The smallest absolute Gasteiger partial charge is 0.256 e. The van der Waals surface area contributed by atoms with Gasteiger partial charge in [-0.25, -0.2) is 13.2 Å². The topological polar surface area (TPSA) is 47.1 Å². The van der Waals surface area contributed by atoms with Gasteiger partial charge in [-0.1, -0.05) is 12.1 Å². The van der Waals surface area contributed by atoms with Crippen LogP contribution in [0.1, 0.15) is 41.1 Å². The van der Waals surface area contributed by atoms with Crippen molar-refractivity contribution in [2.45, 2.75) is 31.2 Å². The van der Waals surface area contributed by atoms with Gasteiger partial charge in [0.15, 0.2) is 0 Å². The van der Waals surface area contributed by atoms with E-state index in [0.29, 0.717) is 39.0 Å². The summed E-state index contributed by atoms with van der Waals surface area (Å²) in [5, 5.41) is 0. The van der Waals surface area contributed by atoms with E-state index in [-0.39, 0.29) is 41.0 Å². The van der Waals surface area contributed by atoms with E-state index in [4.69, 9.17) is 0 Å². The molecule has 3 aliphatic rings. The fraction of sp³-hybridized carbons (Fsp3) is 0.375. The number of nitrogens with zero attached hydrogens (tertiary/aromatic N) is 4. The number of hydrogen-bond acceptors (Lipinski definition) is 4. The molecule has 0 aliphatic carbocycles. The molecule has 3 aromatic rings. The van der Waals surface area contributed by atoms with Gasteiger partial charge in [-0.2, -0.15) is 0 Å². The minimum atomic E-state index is -0.533. The van der Waals surface area contributed by atoms with E-state index in [2.05, 4.69) is 9.80 Å². The molecule has 0 bridgehead atoms. The Kier molecular flexibility index (Phi) is 7.71. The van der Waals surface area contributed by atoms with Crippen LogP contribution in [0.25, 0.3) is 0 Å². The Morgan fingerprint density at radius 1 is 0.805 bits per heavy atom. The average molecular weight is 563 g/mol. The van der Waals surface area contributed by atoms with Gasteiger partial charge in [0, 0.05) is 69.0 Å². The van der Waals surface area contributed by atoms with Crippen LogP contribution in [-0.4, -0.2) is 78.4 Å². The number of halogens is 3. The molecule has 2 atom stereocenters. The van der Waals surface area contributed by atoms with Gasteiger partial charge in [0.2, 0.25) is 5.91 Å². The summed E-state index contributed by atoms with van der Waals surface area (Å²) in [6, 6.07) is 17.5. The molecule has 3 aromatic carbocycles. The van der Waals surface area contributed by atoms with Gasteiger partial charge < -0.3 is 19.6 Å². The highest BCUT2D eigenvalue weighted by atomic mass is 19.1. The minimum Gasteiger partial charge on any atom is -0.339 e. The molecule has 6 rings (SSSR count). The first-order valence-corrected chi connectivity index (χ1v) is 14.3. The van der Waals surface area contributed by atoms with Crippen molar-refractivity contribution in [1.29, 1.82) is 0 Å². The molecule has 0 radical (unpaired) electrons. The number of piperazine rings is 1. The van der Waals surface area contributed by atoms with Crippen LogP contribution >= 0.6 is 0 Å². The number of carbonyl (C=O) groups excluding carboxylic acids is 2. The van der Waals surface area contributed by atoms with E-state index in [1.54, 1.807) is 40.1 Å². The van der Waals surface area contributed by atoms with Gasteiger partial charge in [0.25, 0.3) is 5.91 Å². The molecule has 214 valence electrons. The maximum Gasteiger partial charge on any atom is 0.256 e. The molecule has 0 unspecified atom stereocenters. The number of likely N-dealkylation sites (tertiary alicyclic amines) is 1. The normalized spacial score (nSPS) is 20.6. The van der Waals surface area contributed by atoms with Gasteiger partial charge >= 0.3 is 0 Å². The van der Waals surface area contributed by atoms with Crippen LogP contribution in [0.15, 0.2) is 66.7 Å². The van der Waals surface area contributed by atoms with Crippen LogP contribution in [0.5, 0.6) is 0 Å². The Bertz CT molecular complexity index is 1420. The number of benzene rings is 3. The van der Waals surface area contributed by atoms with E-state index in [9.17, 15) is 22.8 Å². The van der Waals surface area contributed by atoms with Crippen molar-refractivity contribution in [2.24, 2.45) is 0 Å². The Hall–Kier alpha value is -3.85. The Morgan fingerprint density at radius 2 is 1.51 bits per heavy atom. The SMILES string of the molecule is O=C(CCCN1CC[C@@H]2[C@@H](C1)c1cc(F)ccc1N2c1ccc(F)cc1)N1CCN(C(=O)c2ccccc2F)CC1. The number of fused-ring (bicyclic) bond motifs is 3. The standard InChI is InChI=1S/C32H33F3N4O2/c33-22-7-10-24(11-8-22)39-29-12-9-23(34)20-26(29)27-21-36(15-13-30(27)39)14-3-6-31(40)37-16-18-38(19-17-37)32(41)25-4-1-2-5-28(25)35/h1-2,4-5,7-12,20,27,30H,3,6,13-19,21H2/t27-,30+/m0/s1. The van der Waals surface area contributed by atoms with Crippen molar-refractivity contribution in [3.05, 3.63) is 95.3 Å². The summed E-state index contributed by atoms with van der Waals surface area (Å²) in [6.07, 6.45) is 2.01. The molecule has 2 fully saturated rings. The zero-order valence-electron chi connectivity index (χ0n) is 22.8. The van der Waals surface area contributed by atoms with Crippen molar-refractivity contribution in [3.8, 4) is 0 Å². The first-order chi connectivity index (χ1) is 19.9. The van der Waals surface area contributed by atoms with Crippen LogP contribution in [0.4, 0.5) is 24.5 Å². The summed E-state index contributed by atoms with van der Waals surface area (Å²) in [4.78, 5) is 33.5. The summed E-state index contributed by atoms with van der Waals surface area (Å²) in [6.45, 7) is 4.04. The minimum absolute atomic E-state index is 0.0597. The molecular formula is C32H33F3N4O2. The number of piperidine rings is 1. The molecule has 3 heterocycles. The van der Waals surface area contributed by atoms with Crippen molar-refractivity contribution in [2.75, 3.05) is 50.7 Å². The summed E-state index contributed by atoms with van der Waals surface area (Å²) >= 11 is 0. The maximum atomic E-state index is 14.3. The number of anilines is 2. The van der Waals surface area contributed by atoms with Gasteiger partial charge in [0.05, 0.1) is 5.56 Å². The predicted molar refractivity (Wildman–Crippen MR) is 151 cm³/mol. The lowest BCUT2D eigenvalue weighted by molar-refractivity contribution is -0.132. The van der Waals surface area contributed by atoms with E-state index in [1.807, 2.05) is 6.07 Å². The number of amides is 2. The Balaban J connectivity index is 1.02. The molecule has 2 saturated heterocycles. The summed E-state index contributed by atoms with van der Waals surface area (Å²) in [5.41, 5.74) is 2.91. The van der Waals surface area contributed by atoms with E-state index in [1.165, 1.54) is 30.3 Å². The van der Waals surface area contributed by atoms with Crippen molar-refractivity contribution in [1.82, 2.24) is 14.7 Å². The largest absolute Gasteiger partial charge is 0.339 e. The molecule has 6 nitrogen and oxygen atoms in total. The zero-order chi connectivity index (χ0) is 28.5. The summed E-state index contributed by atoms with van der Waals surface area (Å²) in [7, 11) is 0. The van der Waals surface area contributed by atoms with Crippen LogP contribution in [-0.2, 0) is 4.79 Å².